The fourth-order valence-electron chi connectivity index (χ4n) is 3.25. The molecule has 2 heterocycles. The lowest BCUT2D eigenvalue weighted by atomic mass is 10.1. The number of aromatic nitrogens is 1. The molecular weight excluding hydrogens is 394 g/mol. The fourth-order valence-corrected chi connectivity index (χ4v) is 3.63. The van der Waals surface area contributed by atoms with Gasteiger partial charge in [-0.25, -0.2) is 0 Å². The number of rotatable bonds is 7. The van der Waals surface area contributed by atoms with E-state index in [0.717, 1.165) is 29.7 Å². The van der Waals surface area contributed by atoms with Crippen LogP contribution in [0.5, 0.6) is 0 Å². The maximum atomic E-state index is 12.2. The van der Waals surface area contributed by atoms with Crippen molar-refractivity contribution in [3.63, 3.8) is 0 Å². The van der Waals surface area contributed by atoms with Crippen LogP contribution < -0.4 is 10.9 Å². The molecule has 138 valence electrons. The van der Waals surface area contributed by atoms with Crippen molar-refractivity contribution in [1.29, 1.82) is 0 Å². The molecule has 1 N–H and O–H groups in total. The standard InChI is InChI=1S/C20H24BrN3O2/c21-18-7-8-20(26)24(15-18)12-9-19(25)22-13-16-5-1-2-6-17(16)14-23-10-3-4-11-23/h1-2,5-8,15H,3-4,9-14H2,(H,22,25). The minimum absolute atomic E-state index is 0.0483. The molecule has 3 rings (SSSR count). The number of pyridine rings is 1. The highest BCUT2D eigenvalue weighted by molar-refractivity contribution is 9.10. The first-order valence-electron chi connectivity index (χ1n) is 9.03. The van der Waals surface area contributed by atoms with E-state index in [4.69, 9.17) is 0 Å². The summed E-state index contributed by atoms with van der Waals surface area (Å²) < 4.78 is 2.37. The molecule has 0 bridgehead atoms. The second-order valence-electron chi connectivity index (χ2n) is 6.66. The molecule has 1 amide bonds. The van der Waals surface area contributed by atoms with E-state index in [2.05, 4.69) is 44.3 Å². The van der Waals surface area contributed by atoms with Gasteiger partial charge in [-0.1, -0.05) is 24.3 Å². The van der Waals surface area contributed by atoms with Crippen LogP contribution in [0.1, 0.15) is 30.4 Å². The van der Waals surface area contributed by atoms with E-state index in [-0.39, 0.29) is 17.9 Å². The van der Waals surface area contributed by atoms with Crippen LogP contribution in [0.25, 0.3) is 0 Å². The second kappa shape index (κ2) is 9.14. The molecule has 0 atom stereocenters. The summed E-state index contributed by atoms with van der Waals surface area (Å²) in [6, 6.07) is 11.5. The Morgan fingerprint density at radius 3 is 2.58 bits per heavy atom. The van der Waals surface area contributed by atoms with Crippen molar-refractivity contribution < 1.29 is 4.79 Å². The van der Waals surface area contributed by atoms with Crippen molar-refractivity contribution in [3.05, 3.63) is 68.5 Å². The molecule has 1 aromatic carbocycles. The van der Waals surface area contributed by atoms with E-state index in [9.17, 15) is 9.59 Å². The molecule has 6 heteroatoms. The minimum atomic E-state index is -0.100. The summed E-state index contributed by atoms with van der Waals surface area (Å²) in [5.74, 6) is -0.0483. The van der Waals surface area contributed by atoms with Gasteiger partial charge in [0.05, 0.1) is 0 Å². The molecule has 2 aromatic rings. The molecule has 5 nitrogen and oxygen atoms in total. The molecule has 0 unspecified atom stereocenters. The zero-order chi connectivity index (χ0) is 18.4. The van der Waals surface area contributed by atoms with Gasteiger partial charge in [0.25, 0.3) is 5.56 Å². The molecule has 0 aliphatic carbocycles. The van der Waals surface area contributed by atoms with Crippen LogP contribution in [-0.4, -0.2) is 28.5 Å². The fraction of sp³-hybridized carbons (Fsp3) is 0.400. The van der Waals surface area contributed by atoms with Gasteiger partial charge in [-0.2, -0.15) is 0 Å². The van der Waals surface area contributed by atoms with Crippen molar-refractivity contribution in [2.75, 3.05) is 13.1 Å². The molecular formula is C20H24BrN3O2. The Morgan fingerprint density at radius 1 is 1.08 bits per heavy atom. The summed E-state index contributed by atoms with van der Waals surface area (Å²) in [6.45, 7) is 4.15. The molecule has 1 saturated heterocycles. The van der Waals surface area contributed by atoms with E-state index < -0.39 is 0 Å². The summed E-state index contributed by atoms with van der Waals surface area (Å²) in [6.07, 6.45) is 4.54. The Kier molecular flexibility index (Phi) is 6.63. The van der Waals surface area contributed by atoms with Crippen LogP contribution in [0.4, 0.5) is 0 Å². The van der Waals surface area contributed by atoms with Crippen LogP contribution in [0.3, 0.4) is 0 Å². The number of carbonyl (C=O) groups is 1. The second-order valence-corrected chi connectivity index (χ2v) is 7.57. The number of carbonyl (C=O) groups excluding carboxylic acids is 1. The smallest absolute Gasteiger partial charge is 0.250 e. The predicted octanol–water partition coefficient (Wildman–Crippen LogP) is 2.91. The molecule has 0 saturated carbocycles. The Labute approximate surface area is 162 Å². The number of hydrogen-bond acceptors (Lipinski definition) is 3. The molecule has 1 aromatic heterocycles. The number of aryl methyl sites for hydroxylation is 1. The number of halogens is 1. The number of hydrogen-bond donors (Lipinski definition) is 1. The average molecular weight is 418 g/mol. The van der Waals surface area contributed by atoms with Gasteiger partial charge in [0.15, 0.2) is 0 Å². The number of amides is 1. The number of nitrogens with one attached hydrogen (secondary N) is 1. The van der Waals surface area contributed by atoms with Crippen molar-refractivity contribution >= 4 is 21.8 Å². The summed E-state index contributed by atoms with van der Waals surface area (Å²) >= 11 is 3.34. The highest BCUT2D eigenvalue weighted by Gasteiger charge is 2.13. The number of nitrogens with zero attached hydrogens (tertiary/aromatic N) is 2. The number of benzene rings is 1. The maximum absolute atomic E-state index is 12.2. The van der Waals surface area contributed by atoms with Gasteiger partial charge in [0.1, 0.15) is 0 Å². The van der Waals surface area contributed by atoms with E-state index in [0.29, 0.717) is 13.1 Å². The van der Waals surface area contributed by atoms with Gasteiger partial charge in [0.2, 0.25) is 5.91 Å². The summed E-state index contributed by atoms with van der Waals surface area (Å²) in [5.41, 5.74) is 2.34. The topological polar surface area (TPSA) is 54.3 Å². The van der Waals surface area contributed by atoms with Crippen LogP contribution in [0.15, 0.2) is 51.9 Å². The lowest BCUT2D eigenvalue weighted by Gasteiger charge is -2.17. The third kappa shape index (κ3) is 5.29. The molecule has 0 radical (unpaired) electrons. The van der Waals surface area contributed by atoms with E-state index in [1.807, 2.05) is 6.07 Å². The van der Waals surface area contributed by atoms with Gasteiger partial charge in [-0.05, 0) is 59.1 Å². The van der Waals surface area contributed by atoms with Crippen LogP contribution in [-0.2, 0) is 24.4 Å². The SMILES string of the molecule is O=C(CCn1cc(Br)ccc1=O)NCc1ccccc1CN1CCCC1. The van der Waals surface area contributed by atoms with Gasteiger partial charge in [-0.3, -0.25) is 14.5 Å². The van der Waals surface area contributed by atoms with Gasteiger partial charge in [-0.15, -0.1) is 0 Å². The van der Waals surface area contributed by atoms with Gasteiger partial charge >= 0.3 is 0 Å². The monoisotopic (exact) mass is 417 g/mol. The van der Waals surface area contributed by atoms with Crippen molar-refractivity contribution in [3.8, 4) is 0 Å². The van der Waals surface area contributed by atoms with Crippen LogP contribution >= 0.6 is 15.9 Å². The average Bonchev–Trinajstić information content (AvgIpc) is 3.15. The predicted molar refractivity (Wildman–Crippen MR) is 106 cm³/mol. The molecule has 1 fully saturated rings. The van der Waals surface area contributed by atoms with Crippen LogP contribution in [0.2, 0.25) is 0 Å². The normalized spacial score (nSPS) is 14.5. The maximum Gasteiger partial charge on any atom is 0.250 e. The Bertz CT molecular complexity index is 813. The third-order valence-electron chi connectivity index (χ3n) is 4.71. The van der Waals surface area contributed by atoms with Crippen LogP contribution in [0, 0.1) is 0 Å². The van der Waals surface area contributed by atoms with Crippen molar-refractivity contribution in [2.45, 2.75) is 38.9 Å². The summed E-state index contributed by atoms with van der Waals surface area (Å²) in [4.78, 5) is 26.4. The largest absolute Gasteiger partial charge is 0.352 e. The highest BCUT2D eigenvalue weighted by atomic mass is 79.9. The third-order valence-corrected chi connectivity index (χ3v) is 5.18. The molecule has 26 heavy (non-hydrogen) atoms. The van der Waals surface area contributed by atoms with Gasteiger partial charge < -0.3 is 9.88 Å². The van der Waals surface area contributed by atoms with Gasteiger partial charge in [0, 0.05) is 42.8 Å². The zero-order valence-electron chi connectivity index (χ0n) is 14.8. The van der Waals surface area contributed by atoms with E-state index >= 15 is 0 Å². The first-order valence-corrected chi connectivity index (χ1v) is 9.83. The van der Waals surface area contributed by atoms with E-state index in [1.165, 1.54) is 24.5 Å². The summed E-state index contributed by atoms with van der Waals surface area (Å²) in [7, 11) is 0. The Morgan fingerprint density at radius 2 is 1.81 bits per heavy atom. The molecule has 1 aliphatic rings. The first-order chi connectivity index (χ1) is 12.6. The van der Waals surface area contributed by atoms with E-state index in [1.54, 1.807) is 16.8 Å². The quantitative estimate of drug-likeness (QED) is 0.753. The number of likely N-dealkylation sites (tertiary alicyclic amines) is 1. The van der Waals surface area contributed by atoms with Crippen molar-refractivity contribution in [2.24, 2.45) is 0 Å². The highest BCUT2D eigenvalue weighted by Crippen LogP contribution is 2.16. The minimum Gasteiger partial charge on any atom is -0.352 e. The Hall–Kier alpha value is -1.92. The van der Waals surface area contributed by atoms with Crippen molar-refractivity contribution in [1.82, 2.24) is 14.8 Å². The lowest BCUT2D eigenvalue weighted by molar-refractivity contribution is -0.121. The molecule has 1 aliphatic heterocycles. The zero-order valence-corrected chi connectivity index (χ0v) is 16.4. The first kappa shape index (κ1) is 18.9. The molecule has 0 spiro atoms. The lowest BCUT2D eigenvalue weighted by Crippen LogP contribution is -2.27. The Balaban J connectivity index is 1.53. The summed E-state index contributed by atoms with van der Waals surface area (Å²) in [5, 5.41) is 2.98.